The molecule has 0 saturated carbocycles. The van der Waals surface area contributed by atoms with Crippen LogP contribution in [0.4, 0.5) is 10.1 Å². The molecule has 2 aromatic rings. The van der Waals surface area contributed by atoms with Gasteiger partial charge in [0.1, 0.15) is 11.6 Å². The Kier molecular flexibility index (Phi) is 7.19. The SMILES string of the molecule is CC(=O)N(CCNC(=O)c1c(F)cccc1Cl)c1ccccc1OC(C)C. The number of halogens is 2. The Hall–Kier alpha value is -2.60. The molecule has 7 heteroatoms. The summed E-state index contributed by atoms with van der Waals surface area (Å²) in [6, 6.07) is 11.2. The van der Waals surface area contributed by atoms with E-state index in [2.05, 4.69) is 5.32 Å². The number of carbonyl (C=O) groups excluding carboxylic acids is 2. The Morgan fingerprint density at radius 1 is 1.19 bits per heavy atom. The first-order valence-electron chi connectivity index (χ1n) is 8.57. The van der Waals surface area contributed by atoms with Gasteiger partial charge >= 0.3 is 0 Å². The summed E-state index contributed by atoms with van der Waals surface area (Å²) in [5, 5.41) is 2.63. The lowest BCUT2D eigenvalue weighted by Crippen LogP contribution is -2.38. The van der Waals surface area contributed by atoms with Crippen LogP contribution in [0.15, 0.2) is 42.5 Å². The van der Waals surface area contributed by atoms with E-state index in [1.54, 1.807) is 18.2 Å². The molecule has 27 heavy (non-hydrogen) atoms. The highest BCUT2D eigenvalue weighted by molar-refractivity contribution is 6.33. The van der Waals surface area contributed by atoms with Crippen molar-refractivity contribution in [2.75, 3.05) is 18.0 Å². The number of carbonyl (C=O) groups is 2. The van der Waals surface area contributed by atoms with Gasteiger partial charge in [-0.25, -0.2) is 4.39 Å². The molecule has 0 saturated heterocycles. The molecule has 0 bridgehead atoms. The lowest BCUT2D eigenvalue weighted by molar-refractivity contribution is -0.116. The Balaban J connectivity index is 2.10. The van der Waals surface area contributed by atoms with E-state index in [9.17, 15) is 14.0 Å². The molecule has 0 spiro atoms. The second kappa shape index (κ2) is 9.37. The number of hydrogen-bond donors (Lipinski definition) is 1. The van der Waals surface area contributed by atoms with E-state index in [-0.39, 0.29) is 35.7 Å². The summed E-state index contributed by atoms with van der Waals surface area (Å²) >= 11 is 5.90. The summed E-state index contributed by atoms with van der Waals surface area (Å²) in [7, 11) is 0. The Bertz CT molecular complexity index is 806. The lowest BCUT2D eigenvalue weighted by Gasteiger charge is -2.25. The van der Waals surface area contributed by atoms with Crippen LogP contribution >= 0.6 is 11.6 Å². The van der Waals surface area contributed by atoms with Gasteiger partial charge in [0, 0.05) is 20.0 Å². The van der Waals surface area contributed by atoms with Gasteiger partial charge in [-0.2, -0.15) is 0 Å². The molecule has 0 atom stereocenters. The van der Waals surface area contributed by atoms with Gasteiger partial charge in [0.05, 0.1) is 22.4 Å². The number of amides is 2. The molecule has 2 amide bonds. The van der Waals surface area contributed by atoms with Gasteiger partial charge in [-0.05, 0) is 38.1 Å². The van der Waals surface area contributed by atoms with Crippen molar-refractivity contribution in [2.45, 2.75) is 26.9 Å². The Morgan fingerprint density at radius 3 is 2.52 bits per heavy atom. The third-order valence-corrected chi connectivity index (χ3v) is 4.02. The Morgan fingerprint density at radius 2 is 1.89 bits per heavy atom. The number of rotatable bonds is 7. The zero-order chi connectivity index (χ0) is 20.0. The van der Waals surface area contributed by atoms with Gasteiger partial charge in [0.15, 0.2) is 0 Å². The standard InChI is InChI=1S/C20H22ClFN2O3/c1-13(2)27-18-10-5-4-9-17(18)24(14(3)25)12-11-23-20(26)19-15(21)7-6-8-16(19)22/h4-10,13H,11-12H2,1-3H3,(H,23,26). The third-order valence-electron chi connectivity index (χ3n) is 3.71. The molecule has 2 rings (SSSR count). The number of nitrogens with zero attached hydrogens (tertiary/aromatic N) is 1. The fraction of sp³-hybridized carbons (Fsp3) is 0.300. The molecule has 0 aliphatic heterocycles. The summed E-state index contributed by atoms with van der Waals surface area (Å²) in [5.74, 6) is -0.952. The van der Waals surface area contributed by atoms with Crippen molar-refractivity contribution in [3.8, 4) is 5.75 Å². The van der Waals surface area contributed by atoms with Crippen LogP contribution < -0.4 is 15.0 Å². The average molecular weight is 393 g/mol. The molecule has 2 aromatic carbocycles. The first-order valence-corrected chi connectivity index (χ1v) is 8.95. The fourth-order valence-corrected chi connectivity index (χ4v) is 2.81. The van der Waals surface area contributed by atoms with Gasteiger partial charge in [-0.15, -0.1) is 0 Å². The summed E-state index contributed by atoms with van der Waals surface area (Å²) < 4.78 is 19.6. The molecule has 0 aliphatic rings. The van der Waals surface area contributed by atoms with E-state index < -0.39 is 11.7 Å². The van der Waals surface area contributed by atoms with Crippen LogP contribution in [0.3, 0.4) is 0 Å². The van der Waals surface area contributed by atoms with Crippen molar-refractivity contribution < 1.29 is 18.7 Å². The maximum Gasteiger partial charge on any atom is 0.255 e. The zero-order valence-corrected chi connectivity index (χ0v) is 16.2. The fourth-order valence-electron chi connectivity index (χ4n) is 2.57. The Labute approximate surface area is 163 Å². The molecule has 0 fully saturated rings. The zero-order valence-electron chi connectivity index (χ0n) is 15.5. The van der Waals surface area contributed by atoms with E-state index in [4.69, 9.17) is 16.3 Å². The van der Waals surface area contributed by atoms with Crippen LogP contribution in [0.2, 0.25) is 5.02 Å². The summed E-state index contributed by atoms with van der Waals surface area (Å²) in [4.78, 5) is 25.8. The van der Waals surface area contributed by atoms with Crippen molar-refractivity contribution in [2.24, 2.45) is 0 Å². The molecule has 144 valence electrons. The minimum atomic E-state index is -0.695. The van der Waals surface area contributed by atoms with Crippen LogP contribution in [0.1, 0.15) is 31.1 Å². The minimum absolute atomic E-state index is 0.0339. The van der Waals surface area contributed by atoms with Crippen molar-refractivity contribution in [1.29, 1.82) is 0 Å². The van der Waals surface area contributed by atoms with Gasteiger partial charge < -0.3 is 15.0 Å². The van der Waals surface area contributed by atoms with Crippen molar-refractivity contribution >= 4 is 29.1 Å². The van der Waals surface area contributed by atoms with E-state index in [1.807, 2.05) is 19.9 Å². The topological polar surface area (TPSA) is 58.6 Å². The van der Waals surface area contributed by atoms with Crippen molar-refractivity contribution in [3.63, 3.8) is 0 Å². The number of ether oxygens (including phenoxy) is 1. The van der Waals surface area contributed by atoms with Crippen molar-refractivity contribution in [3.05, 3.63) is 58.9 Å². The monoisotopic (exact) mass is 392 g/mol. The van der Waals surface area contributed by atoms with Crippen LogP contribution in [0.5, 0.6) is 5.75 Å². The van der Waals surface area contributed by atoms with Crippen LogP contribution in [0.25, 0.3) is 0 Å². The summed E-state index contributed by atoms with van der Waals surface area (Å²) in [6.07, 6.45) is -0.0529. The highest BCUT2D eigenvalue weighted by atomic mass is 35.5. The van der Waals surface area contributed by atoms with E-state index >= 15 is 0 Å². The van der Waals surface area contributed by atoms with Gasteiger partial charge in [-0.3, -0.25) is 9.59 Å². The van der Waals surface area contributed by atoms with Crippen LogP contribution in [0, 0.1) is 5.82 Å². The smallest absolute Gasteiger partial charge is 0.255 e. The van der Waals surface area contributed by atoms with Gasteiger partial charge in [0.25, 0.3) is 5.91 Å². The van der Waals surface area contributed by atoms with Crippen LogP contribution in [-0.2, 0) is 4.79 Å². The first-order chi connectivity index (χ1) is 12.8. The third kappa shape index (κ3) is 5.44. The maximum absolute atomic E-state index is 13.8. The molecule has 1 N–H and O–H groups in total. The highest BCUT2D eigenvalue weighted by Crippen LogP contribution is 2.29. The minimum Gasteiger partial charge on any atom is -0.489 e. The molecule has 0 heterocycles. The van der Waals surface area contributed by atoms with Crippen molar-refractivity contribution in [1.82, 2.24) is 5.32 Å². The largest absolute Gasteiger partial charge is 0.489 e. The van der Waals surface area contributed by atoms with E-state index in [0.29, 0.717) is 11.4 Å². The number of para-hydroxylation sites is 2. The maximum atomic E-state index is 13.8. The van der Waals surface area contributed by atoms with Crippen LogP contribution in [-0.4, -0.2) is 31.0 Å². The second-order valence-corrected chi connectivity index (χ2v) is 6.56. The number of benzene rings is 2. The molecule has 5 nitrogen and oxygen atoms in total. The molecular weight excluding hydrogens is 371 g/mol. The first kappa shape index (κ1) is 20.7. The quantitative estimate of drug-likeness (QED) is 0.773. The molecular formula is C20H22ClFN2O3. The van der Waals surface area contributed by atoms with E-state index in [1.165, 1.54) is 30.0 Å². The predicted molar refractivity (Wildman–Crippen MR) is 104 cm³/mol. The number of hydrogen-bond acceptors (Lipinski definition) is 3. The highest BCUT2D eigenvalue weighted by Gasteiger charge is 2.19. The van der Waals surface area contributed by atoms with Gasteiger partial charge in [-0.1, -0.05) is 29.8 Å². The summed E-state index contributed by atoms with van der Waals surface area (Å²) in [5.41, 5.74) is 0.397. The average Bonchev–Trinajstić information content (AvgIpc) is 2.58. The summed E-state index contributed by atoms with van der Waals surface area (Å²) in [6.45, 7) is 5.55. The van der Waals surface area contributed by atoms with Gasteiger partial charge in [0.2, 0.25) is 5.91 Å². The molecule has 0 radical (unpaired) electrons. The lowest BCUT2D eigenvalue weighted by atomic mass is 10.2. The number of nitrogens with one attached hydrogen (secondary N) is 1. The number of anilines is 1. The predicted octanol–water partition coefficient (Wildman–Crippen LogP) is 4.05. The van der Waals surface area contributed by atoms with E-state index in [0.717, 1.165) is 0 Å². The molecule has 0 aromatic heterocycles. The second-order valence-electron chi connectivity index (χ2n) is 6.16. The molecule has 0 unspecified atom stereocenters. The normalized spacial score (nSPS) is 10.6. The molecule has 0 aliphatic carbocycles.